The number of alkyl halides is 6. The minimum absolute atomic E-state index is 0.0383. The first-order chi connectivity index (χ1) is 8.68. The van der Waals surface area contributed by atoms with Crippen LogP contribution in [0, 0.1) is 0 Å². The Kier molecular flexibility index (Phi) is 5.04. The maximum Gasteiger partial charge on any atom is 0.416 e. The summed E-state index contributed by atoms with van der Waals surface area (Å²) in [6.07, 6.45) is -8.80. The Labute approximate surface area is 105 Å². The minimum Gasteiger partial charge on any atom is -0.492 e. The molecular weight excluding hydrogens is 276 g/mol. The summed E-state index contributed by atoms with van der Waals surface area (Å²) < 4.78 is 77.3. The van der Waals surface area contributed by atoms with Crippen LogP contribution in [0.5, 0.6) is 5.75 Å². The number of halogens is 6. The molecule has 0 aromatic heterocycles. The van der Waals surface area contributed by atoms with Gasteiger partial charge in [-0.15, -0.1) is 0 Å². The molecule has 0 heterocycles. The molecule has 0 aliphatic rings. The average molecular weight is 287 g/mol. The molecule has 1 rings (SSSR count). The summed E-state index contributed by atoms with van der Waals surface area (Å²) in [5.74, 6) is -0.0383. The fraction of sp³-hybridized carbons (Fsp3) is 0.455. The molecule has 0 spiro atoms. The Morgan fingerprint density at radius 3 is 2.32 bits per heavy atom. The lowest BCUT2D eigenvalue weighted by Crippen LogP contribution is -2.31. The Bertz CT molecular complexity index is 401. The number of ether oxygens (including phenoxy) is 1. The van der Waals surface area contributed by atoms with Gasteiger partial charge in [0.2, 0.25) is 0 Å². The van der Waals surface area contributed by atoms with Gasteiger partial charge in [0.15, 0.2) is 0 Å². The van der Waals surface area contributed by atoms with Crippen LogP contribution in [0.1, 0.15) is 5.56 Å². The highest BCUT2D eigenvalue weighted by molar-refractivity contribution is 5.30. The first kappa shape index (κ1) is 15.6. The van der Waals surface area contributed by atoms with Crippen LogP contribution in [-0.4, -0.2) is 25.9 Å². The zero-order chi connectivity index (χ0) is 14.5. The van der Waals surface area contributed by atoms with Crippen molar-refractivity contribution in [1.82, 2.24) is 5.32 Å². The van der Waals surface area contributed by atoms with E-state index >= 15 is 0 Å². The summed E-state index contributed by atoms with van der Waals surface area (Å²) in [5, 5.41) is 2.07. The fourth-order valence-corrected chi connectivity index (χ4v) is 1.23. The lowest BCUT2D eigenvalue weighted by molar-refractivity contribution is -0.137. The smallest absolute Gasteiger partial charge is 0.416 e. The van der Waals surface area contributed by atoms with Crippen molar-refractivity contribution >= 4 is 0 Å². The molecule has 0 bridgehead atoms. The molecule has 8 heteroatoms. The van der Waals surface area contributed by atoms with Gasteiger partial charge in [0, 0.05) is 6.54 Å². The quantitative estimate of drug-likeness (QED) is 0.663. The van der Waals surface area contributed by atoms with E-state index in [0.29, 0.717) is 0 Å². The third-order valence-corrected chi connectivity index (χ3v) is 2.03. The lowest BCUT2D eigenvalue weighted by Gasteiger charge is -2.11. The Morgan fingerprint density at radius 2 is 1.74 bits per heavy atom. The van der Waals surface area contributed by atoms with Gasteiger partial charge in [-0.05, 0) is 18.2 Å². The summed E-state index contributed by atoms with van der Waals surface area (Å²) >= 11 is 0. The van der Waals surface area contributed by atoms with Crippen LogP contribution in [-0.2, 0) is 6.18 Å². The van der Waals surface area contributed by atoms with E-state index in [0.717, 1.165) is 12.1 Å². The molecule has 108 valence electrons. The van der Waals surface area contributed by atoms with E-state index in [-0.39, 0.29) is 18.9 Å². The van der Waals surface area contributed by atoms with Gasteiger partial charge in [0.05, 0.1) is 12.1 Å². The second kappa shape index (κ2) is 6.14. The number of nitrogens with one attached hydrogen (secondary N) is 1. The van der Waals surface area contributed by atoms with Crippen molar-refractivity contribution in [2.24, 2.45) is 0 Å². The van der Waals surface area contributed by atoms with Crippen molar-refractivity contribution in [3.05, 3.63) is 29.8 Å². The van der Waals surface area contributed by atoms with Crippen LogP contribution >= 0.6 is 0 Å². The van der Waals surface area contributed by atoms with E-state index in [4.69, 9.17) is 4.74 Å². The van der Waals surface area contributed by atoms with Crippen LogP contribution in [0.4, 0.5) is 26.3 Å². The number of hydrogen-bond acceptors (Lipinski definition) is 2. The van der Waals surface area contributed by atoms with Crippen molar-refractivity contribution in [2.75, 3.05) is 19.7 Å². The van der Waals surface area contributed by atoms with Crippen LogP contribution in [0.2, 0.25) is 0 Å². The number of benzene rings is 1. The Morgan fingerprint density at radius 1 is 1.05 bits per heavy atom. The van der Waals surface area contributed by atoms with E-state index in [1.54, 1.807) is 0 Å². The van der Waals surface area contributed by atoms with E-state index in [2.05, 4.69) is 5.32 Å². The highest BCUT2D eigenvalue weighted by Crippen LogP contribution is 2.31. The summed E-state index contributed by atoms with van der Waals surface area (Å²) in [5.41, 5.74) is -0.867. The molecule has 0 saturated carbocycles. The van der Waals surface area contributed by atoms with Crippen molar-refractivity contribution in [1.29, 1.82) is 0 Å². The van der Waals surface area contributed by atoms with Crippen molar-refractivity contribution in [2.45, 2.75) is 12.4 Å². The monoisotopic (exact) mass is 287 g/mol. The maximum atomic E-state index is 12.3. The van der Waals surface area contributed by atoms with Crippen LogP contribution in [0.25, 0.3) is 0 Å². The molecule has 19 heavy (non-hydrogen) atoms. The number of hydrogen-bond donors (Lipinski definition) is 1. The molecule has 1 N–H and O–H groups in total. The summed E-state index contributed by atoms with van der Waals surface area (Å²) in [7, 11) is 0. The Hall–Kier alpha value is -1.44. The van der Waals surface area contributed by atoms with Crippen molar-refractivity contribution in [3.63, 3.8) is 0 Å². The van der Waals surface area contributed by atoms with Gasteiger partial charge in [0.25, 0.3) is 0 Å². The highest BCUT2D eigenvalue weighted by Gasteiger charge is 2.30. The molecular formula is C11H11F6NO. The van der Waals surface area contributed by atoms with Gasteiger partial charge in [-0.3, -0.25) is 0 Å². The predicted molar refractivity (Wildman–Crippen MR) is 55.9 cm³/mol. The largest absolute Gasteiger partial charge is 0.492 e. The van der Waals surface area contributed by atoms with Crippen molar-refractivity contribution in [3.8, 4) is 5.75 Å². The van der Waals surface area contributed by atoms with Crippen LogP contribution < -0.4 is 10.1 Å². The topological polar surface area (TPSA) is 21.3 Å². The van der Waals surface area contributed by atoms with Gasteiger partial charge in [-0.25, -0.2) is 0 Å². The normalized spacial score (nSPS) is 12.5. The van der Waals surface area contributed by atoms with Crippen LogP contribution in [0.15, 0.2) is 24.3 Å². The molecule has 0 aliphatic heterocycles. The van der Waals surface area contributed by atoms with Crippen LogP contribution in [0.3, 0.4) is 0 Å². The molecule has 0 fully saturated rings. The predicted octanol–water partition coefficient (Wildman–Crippen LogP) is 3.24. The highest BCUT2D eigenvalue weighted by atomic mass is 19.4. The molecule has 0 amide bonds. The standard InChI is InChI=1S/C11H11F6NO/c12-10(13,14)7-18-4-5-19-9-3-1-2-8(6-9)11(15,16)17/h1-3,6,18H,4-5,7H2. The van der Waals surface area contributed by atoms with E-state index in [1.807, 2.05) is 0 Å². The minimum atomic E-state index is -4.48. The molecule has 0 aliphatic carbocycles. The molecule has 0 saturated heterocycles. The maximum absolute atomic E-state index is 12.3. The second-order valence-corrected chi connectivity index (χ2v) is 3.67. The molecule has 0 radical (unpaired) electrons. The summed E-state index contributed by atoms with van der Waals surface area (Å²) in [6, 6.07) is 4.15. The summed E-state index contributed by atoms with van der Waals surface area (Å²) in [6.45, 7) is -1.44. The summed E-state index contributed by atoms with van der Waals surface area (Å²) in [4.78, 5) is 0. The van der Waals surface area contributed by atoms with Gasteiger partial charge >= 0.3 is 12.4 Å². The van der Waals surface area contributed by atoms with E-state index < -0.39 is 24.5 Å². The number of rotatable bonds is 5. The van der Waals surface area contributed by atoms with Gasteiger partial charge in [-0.1, -0.05) is 6.07 Å². The average Bonchev–Trinajstić information content (AvgIpc) is 2.26. The van der Waals surface area contributed by atoms with Crippen molar-refractivity contribution < 1.29 is 31.1 Å². The molecule has 0 atom stereocenters. The first-order valence-corrected chi connectivity index (χ1v) is 5.26. The first-order valence-electron chi connectivity index (χ1n) is 5.26. The van der Waals surface area contributed by atoms with E-state index in [9.17, 15) is 26.3 Å². The Balaban J connectivity index is 2.38. The van der Waals surface area contributed by atoms with Gasteiger partial charge in [-0.2, -0.15) is 26.3 Å². The third kappa shape index (κ3) is 6.32. The second-order valence-electron chi connectivity index (χ2n) is 3.67. The third-order valence-electron chi connectivity index (χ3n) is 2.03. The zero-order valence-corrected chi connectivity index (χ0v) is 9.61. The molecule has 0 unspecified atom stereocenters. The molecule has 1 aromatic rings. The van der Waals surface area contributed by atoms with Gasteiger partial charge < -0.3 is 10.1 Å². The molecule has 2 nitrogen and oxygen atoms in total. The SMILES string of the molecule is FC(F)(F)CNCCOc1cccc(C(F)(F)F)c1. The zero-order valence-electron chi connectivity index (χ0n) is 9.61. The lowest BCUT2D eigenvalue weighted by atomic mass is 10.2. The van der Waals surface area contributed by atoms with Gasteiger partial charge in [0.1, 0.15) is 12.4 Å². The fourth-order valence-electron chi connectivity index (χ4n) is 1.23. The van der Waals surface area contributed by atoms with E-state index in [1.165, 1.54) is 12.1 Å². The molecule has 1 aromatic carbocycles.